The zero-order valence-corrected chi connectivity index (χ0v) is 20.4. The van der Waals surface area contributed by atoms with Gasteiger partial charge in [-0.2, -0.15) is 0 Å². The van der Waals surface area contributed by atoms with Gasteiger partial charge in [-0.3, -0.25) is 9.59 Å². The minimum absolute atomic E-state index is 0.0234. The smallest absolute Gasteiger partial charge is 0.255 e. The minimum Gasteiger partial charge on any atom is -0.356 e. The summed E-state index contributed by atoms with van der Waals surface area (Å²) in [6.07, 6.45) is 0. The average molecular weight is 514 g/mol. The highest BCUT2D eigenvalue weighted by Gasteiger charge is 2.56. The van der Waals surface area contributed by atoms with Crippen molar-refractivity contribution in [2.45, 2.75) is 24.9 Å². The summed E-state index contributed by atoms with van der Waals surface area (Å²) in [6.45, 7) is 2.87. The number of hydrogen-bond acceptors (Lipinski definition) is 2. The molecule has 3 aromatic carbocycles. The number of piperazine rings is 1. The fraction of sp³-hybridized carbons (Fsp3) is 0.214. The Balaban J connectivity index is 1.52. The molecule has 4 aromatic rings. The number of benzene rings is 3. The number of carbonyl (C=O) groups is 2. The van der Waals surface area contributed by atoms with E-state index in [4.69, 9.17) is 0 Å². The lowest BCUT2D eigenvalue weighted by molar-refractivity contribution is -0.166. The molecule has 3 heterocycles. The van der Waals surface area contributed by atoms with Crippen molar-refractivity contribution in [3.05, 3.63) is 106 Å². The third-order valence-electron chi connectivity index (χ3n) is 7.31. The topological polar surface area (TPSA) is 56.4 Å². The molecule has 2 aliphatic rings. The predicted octanol–water partition coefficient (Wildman–Crippen LogP) is 5.16. The van der Waals surface area contributed by atoms with E-state index in [1.807, 2.05) is 67.6 Å². The van der Waals surface area contributed by atoms with E-state index in [-0.39, 0.29) is 24.3 Å². The van der Waals surface area contributed by atoms with Crippen LogP contribution < -0.4 is 0 Å². The Hall–Kier alpha value is -3.38. The first-order valence-corrected chi connectivity index (χ1v) is 12.3. The molecule has 0 spiro atoms. The highest BCUT2D eigenvalue weighted by molar-refractivity contribution is 9.10. The first-order valence-electron chi connectivity index (χ1n) is 11.5. The SMILES string of the molecule is C[C@]12C(=O)N(Cc3ccccc3)CC(=O)N1C[C@@H](c1ccc(Br)cc1)c1c2[nH]c2ccccc12. The van der Waals surface area contributed by atoms with Crippen molar-refractivity contribution in [2.75, 3.05) is 13.1 Å². The Morgan fingerprint density at radius 3 is 2.44 bits per heavy atom. The molecule has 5 nitrogen and oxygen atoms in total. The van der Waals surface area contributed by atoms with E-state index in [2.05, 4.69) is 39.1 Å². The Bertz CT molecular complexity index is 1410. The first kappa shape index (κ1) is 21.2. The van der Waals surface area contributed by atoms with Gasteiger partial charge in [-0.25, -0.2) is 0 Å². The summed E-state index contributed by atoms with van der Waals surface area (Å²) in [6, 6.07) is 26.3. The van der Waals surface area contributed by atoms with Crippen LogP contribution in [-0.4, -0.2) is 39.7 Å². The fourth-order valence-electron chi connectivity index (χ4n) is 5.60. The normalized spacial score (nSPS) is 22.1. The van der Waals surface area contributed by atoms with Crippen LogP contribution in [0.3, 0.4) is 0 Å². The minimum atomic E-state index is -1.08. The van der Waals surface area contributed by atoms with Crippen molar-refractivity contribution >= 4 is 38.6 Å². The van der Waals surface area contributed by atoms with Gasteiger partial charge in [-0.1, -0.05) is 76.6 Å². The zero-order chi connectivity index (χ0) is 23.4. The molecule has 1 aromatic heterocycles. The van der Waals surface area contributed by atoms with E-state index in [0.717, 1.165) is 37.8 Å². The third-order valence-corrected chi connectivity index (χ3v) is 7.83. The van der Waals surface area contributed by atoms with Crippen LogP contribution in [0.5, 0.6) is 0 Å². The van der Waals surface area contributed by atoms with E-state index in [9.17, 15) is 9.59 Å². The largest absolute Gasteiger partial charge is 0.356 e. The molecule has 0 bridgehead atoms. The highest BCUT2D eigenvalue weighted by Crippen LogP contribution is 2.48. The second-order valence-corrected chi connectivity index (χ2v) is 10.2. The van der Waals surface area contributed by atoms with E-state index in [1.54, 1.807) is 9.80 Å². The molecule has 0 radical (unpaired) electrons. The fourth-order valence-corrected chi connectivity index (χ4v) is 5.87. The van der Waals surface area contributed by atoms with E-state index in [0.29, 0.717) is 13.1 Å². The summed E-state index contributed by atoms with van der Waals surface area (Å²) in [7, 11) is 0. The van der Waals surface area contributed by atoms with Crippen LogP contribution in [0, 0.1) is 0 Å². The van der Waals surface area contributed by atoms with E-state index < -0.39 is 5.54 Å². The molecule has 1 saturated heterocycles. The standard InChI is InChI=1S/C28H24BrN3O2/c1-28-26-25(21-9-5-6-10-23(21)30-26)22(19-11-13-20(29)14-12-19)16-32(28)24(33)17-31(27(28)34)15-18-7-3-2-4-8-18/h2-14,22,30H,15-17H2,1H3/t22-,28-/m0/s1. The summed E-state index contributed by atoms with van der Waals surface area (Å²) in [4.78, 5) is 34.7. The quantitative estimate of drug-likeness (QED) is 0.411. The highest BCUT2D eigenvalue weighted by atomic mass is 79.9. The number of aromatic amines is 1. The molecule has 6 rings (SSSR count). The third kappa shape index (κ3) is 3.12. The number of H-pyrrole nitrogens is 1. The number of halogens is 1. The van der Waals surface area contributed by atoms with Crippen LogP contribution in [-0.2, 0) is 21.7 Å². The lowest BCUT2D eigenvalue weighted by atomic mass is 9.76. The number of carbonyl (C=O) groups excluding carboxylic acids is 2. The van der Waals surface area contributed by atoms with Crippen LogP contribution in [0.4, 0.5) is 0 Å². The van der Waals surface area contributed by atoms with Crippen molar-refractivity contribution in [3.63, 3.8) is 0 Å². The second kappa shape index (κ2) is 7.84. The number of nitrogens with zero attached hydrogens (tertiary/aromatic N) is 2. The molecule has 0 aliphatic carbocycles. The van der Waals surface area contributed by atoms with E-state index >= 15 is 0 Å². The van der Waals surface area contributed by atoms with Crippen LogP contribution in [0.25, 0.3) is 10.9 Å². The molecule has 1 fully saturated rings. The van der Waals surface area contributed by atoms with Crippen LogP contribution >= 0.6 is 15.9 Å². The lowest BCUT2D eigenvalue weighted by Crippen LogP contribution is -2.67. The molecule has 34 heavy (non-hydrogen) atoms. The van der Waals surface area contributed by atoms with Gasteiger partial charge in [0, 0.05) is 34.4 Å². The number of aromatic nitrogens is 1. The number of nitrogens with one attached hydrogen (secondary N) is 1. The predicted molar refractivity (Wildman–Crippen MR) is 135 cm³/mol. The average Bonchev–Trinajstić information content (AvgIpc) is 3.25. The summed E-state index contributed by atoms with van der Waals surface area (Å²) < 4.78 is 1.01. The molecule has 6 heteroatoms. The number of rotatable bonds is 3. The Kier molecular flexibility index (Phi) is 4.88. The molecule has 1 N–H and O–H groups in total. The summed E-state index contributed by atoms with van der Waals surface area (Å²) in [5, 5.41) is 1.10. The summed E-state index contributed by atoms with van der Waals surface area (Å²) >= 11 is 3.53. The molecular formula is C28H24BrN3O2. The lowest BCUT2D eigenvalue weighted by Gasteiger charge is -2.51. The molecule has 2 amide bonds. The molecular weight excluding hydrogens is 490 g/mol. The van der Waals surface area contributed by atoms with Gasteiger partial charge in [0.1, 0.15) is 6.54 Å². The second-order valence-electron chi connectivity index (χ2n) is 9.29. The van der Waals surface area contributed by atoms with Gasteiger partial charge in [0.15, 0.2) is 5.54 Å². The van der Waals surface area contributed by atoms with Crippen molar-refractivity contribution in [1.82, 2.24) is 14.8 Å². The van der Waals surface area contributed by atoms with Crippen LogP contribution in [0.1, 0.15) is 35.2 Å². The number of para-hydroxylation sites is 1. The van der Waals surface area contributed by atoms with Crippen LogP contribution in [0.2, 0.25) is 0 Å². The van der Waals surface area contributed by atoms with Gasteiger partial charge in [-0.15, -0.1) is 0 Å². The molecule has 170 valence electrons. The molecule has 0 saturated carbocycles. The number of fused-ring (bicyclic) bond motifs is 5. The van der Waals surface area contributed by atoms with Crippen molar-refractivity contribution in [3.8, 4) is 0 Å². The van der Waals surface area contributed by atoms with Crippen molar-refractivity contribution in [2.24, 2.45) is 0 Å². The molecule has 2 aliphatic heterocycles. The Morgan fingerprint density at radius 2 is 1.68 bits per heavy atom. The van der Waals surface area contributed by atoms with E-state index in [1.165, 1.54) is 0 Å². The van der Waals surface area contributed by atoms with Gasteiger partial charge < -0.3 is 14.8 Å². The van der Waals surface area contributed by atoms with Gasteiger partial charge in [0.05, 0.1) is 5.69 Å². The number of amides is 2. The maximum atomic E-state index is 14.1. The van der Waals surface area contributed by atoms with Crippen molar-refractivity contribution < 1.29 is 9.59 Å². The Labute approximate surface area is 206 Å². The molecule has 2 atom stereocenters. The maximum Gasteiger partial charge on any atom is 0.255 e. The van der Waals surface area contributed by atoms with Gasteiger partial charge >= 0.3 is 0 Å². The maximum absolute atomic E-state index is 14.1. The summed E-state index contributed by atoms with van der Waals surface area (Å²) in [5.74, 6) is -0.0905. The van der Waals surface area contributed by atoms with Gasteiger partial charge in [-0.05, 0) is 41.8 Å². The number of hydrogen-bond donors (Lipinski definition) is 1. The molecule has 0 unspecified atom stereocenters. The van der Waals surface area contributed by atoms with Gasteiger partial charge in [0.2, 0.25) is 5.91 Å². The first-order chi connectivity index (χ1) is 16.5. The summed E-state index contributed by atoms with van der Waals surface area (Å²) in [5.41, 5.74) is 3.98. The monoisotopic (exact) mass is 513 g/mol. The Morgan fingerprint density at radius 1 is 0.971 bits per heavy atom. The van der Waals surface area contributed by atoms with Crippen molar-refractivity contribution in [1.29, 1.82) is 0 Å². The van der Waals surface area contributed by atoms with Gasteiger partial charge in [0.25, 0.3) is 5.91 Å². The van der Waals surface area contributed by atoms with Crippen LogP contribution in [0.15, 0.2) is 83.3 Å². The zero-order valence-electron chi connectivity index (χ0n) is 18.8.